The lowest BCUT2D eigenvalue weighted by Gasteiger charge is -2.17. The number of rotatable bonds is 2. The lowest BCUT2D eigenvalue weighted by Crippen LogP contribution is -1.89. The van der Waals surface area contributed by atoms with Crippen molar-refractivity contribution >= 4 is 96.1 Å². The van der Waals surface area contributed by atoms with Crippen LogP contribution >= 0.6 is 11.3 Å². The van der Waals surface area contributed by atoms with Gasteiger partial charge in [0, 0.05) is 20.2 Å². The normalized spacial score (nSPS) is 12.4. The van der Waals surface area contributed by atoms with E-state index in [0.717, 1.165) is 0 Å². The fourth-order valence-corrected chi connectivity index (χ4v) is 9.33. The Morgan fingerprint density at radius 3 is 1.71 bits per heavy atom. The van der Waals surface area contributed by atoms with Gasteiger partial charge >= 0.3 is 0 Å². The van der Waals surface area contributed by atoms with Gasteiger partial charge in [-0.25, -0.2) is 0 Å². The van der Waals surface area contributed by atoms with Gasteiger partial charge in [-0.1, -0.05) is 115 Å². The first kappa shape index (κ1) is 23.9. The van der Waals surface area contributed by atoms with Crippen LogP contribution in [0.25, 0.3) is 107 Å². The minimum Gasteiger partial charge on any atom is -0.135 e. The fourth-order valence-electron chi connectivity index (χ4n) is 8.11. The third-order valence-electron chi connectivity index (χ3n) is 10.1. The van der Waals surface area contributed by atoms with E-state index in [1.54, 1.807) is 0 Å². The van der Waals surface area contributed by atoms with Crippen molar-refractivity contribution in [1.82, 2.24) is 0 Å². The first-order valence-corrected chi connectivity index (χ1v) is 16.4. The molecule has 0 radical (unpaired) electrons. The fraction of sp³-hybridized carbons (Fsp3) is 0. The molecule has 1 aromatic heterocycles. The van der Waals surface area contributed by atoms with Crippen LogP contribution in [0, 0.1) is 0 Å². The van der Waals surface area contributed by atoms with Gasteiger partial charge in [-0.3, -0.25) is 0 Å². The molecule has 0 atom stereocenters. The van der Waals surface area contributed by atoms with Gasteiger partial charge in [-0.15, -0.1) is 11.3 Å². The number of fused-ring (bicyclic) bond motifs is 3. The van der Waals surface area contributed by atoms with E-state index < -0.39 is 0 Å². The van der Waals surface area contributed by atoms with Crippen molar-refractivity contribution in [3.63, 3.8) is 0 Å². The minimum atomic E-state index is 1.26. The summed E-state index contributed by atoms with van der Waals surface area (Å²) < 4.78 is 2.74. The Kier molecular flexibility index (Phi) is 4.55. The second-order valence-corrected chi connectivity index (χ2v) is 13.6. The van der Waals surface area contributed by atoms with Gasteiger partial charge in [0.25, 0.3) is 0 Å². The van der Waals surface area contributed by atoms with Crippen LogP contribution in [0.2, 0.25) is 0 Å². The van der Waals surface area contributed by atoms with Crippen LogP contribution in [0.1, 0.15) is 0 Å². The smallest absolute Gasteiger partial charge is 0.0367 e. The van der Waals surface area contributed by atoms with E-state index in [0.29, 0.717) is 0 Å². The minimum absolute atomic E-state index is 1.26. The highest BCUT2D eigenvalue weighted by Crippen LogP contribution is 2.45. The van der Waals surface area contributed by atoms with E-state index in [1.807, 2.05) is 11.3 Å². The highest BCUT2D eigenvalue weighted by molar-refractivity contribution is 7.26. The predicted molar refractivity (Wildman–Crippen MR) is 198 cm³/mol. The highest BCUT2D eigenvalue weighted by atomic mass is 32.1. The van der Waals surface area contributed by atoms with E-state index in [9.17, 15) is 0 Å². The zero-order chi connectivity index (χ0) is 29.2. The van der Waals surface area contributed by atoms with Crippen molar-refractivity contribution in [3.05, 3.63) is 146 Å². The molecular weight excluding hydrogens is 561 g/mol. The van der Waals surface area contributed by atoms with Gasteiger partial charge in [0.15, 0.2) is 0 Å². The lowest BCUT2D eigenvalue weighted by atomic mass is 9.87. The quantitative estimate of drug-likeness (QED) is 0.140. The molecule has 45 heavy (non-hydrogen) atoms. The Morgan fingerprint density at radius 1 is 0.289 bits per heavy atom. The summed E-state index contributed by atoms with van der Waals surface area (Å²) in [7, 11) is 0. The summed E-state index contributed by atoms with van der Waals surface area (Å²) in [5.74, 6) is 0. The second-order valence-electron chi connectivity index (χ2n) is 12.5. The van der Waals surface area contributed by atoms with Crippen LogP contribution in [0.4, 0.5) is 0 Å². The average Bonchev–Trinajstić information content (AvgIpc) is 3.48. The molecule has 0 saturated heterocycles. The molecule has 206 valence electrons. The SMILES string of the molecule is c1cc2ccc3cc(-c4ccc5ccc(-c6ccc7c8cccc9cccc(c%10cccc6c%107)c98)cc5c4)cc4sc(c1)c2c34. The maximum atomic E-state index is 2.39. The maximum absolute atomic E-state index is 2.39. The standard InChI is InChI=1S/C44H24S/c1-5-26-6-2-9-36-38-20-19-33(34-10-4-11-37(44(34)38)35(8-1)41(26)36)29-17-14-25-13-16-28(21-31(25)22-29)32-23-30-18-15-27-7-3-12-39-42(27)43(30)40(24-32)45-39/h1-24H. The molecule has 0 aliphatic rings. The van der Waals surface area contributed by atoms with Gasteiger partial charge < -0.3 is 0 Å². The zero-order valence-electron chi connectivity index (χ0n) is 24.3. The van der Waals surface area contributed by atoms with Crippen molar-refractivity contribution in [1.29, 1.82) is 0 Å². The first-order valence-electron chi connectivity index (χ1n) is 15.6. The lowest BCUT2D eigenvalue weighted by molar-refractivity contribution is 1.68. The van der Waals surface area contributed by atoms with Crippen molar-refractivity contribution in [3.8, 4) is 22.3 Å². The molecule has 0 saturated carbocycles. The molecule has 0 nitrogen and oxygen atoms in total. The van der Waals surface area contributed by atoms with E-state index >= 15 is 0 Å². The van der Waals surface area contributed by atoms with E-state index in [1.165, 1.54) is 107 Å². The van der Waals surface area contributed by atoms with Crippen LogP contribution < -0.4 is 0 Å². The Hall–Kier alpha value is -5.50. The number of thiophene rings is 1. The molecule has 0 unspecified atom stereocenters. The van der Waals surface area contributed by atoms with E-state index in [2.05, 4.69) is 146 Å². The Bertz CT molecular complexity index is 2930. The average molecular weight is 585 g/mol. The third-order valence-corrected chi connectivity index (χ3v) is 11.2. The summed E-state index contributed by atoms with van der Waals surface area (Å²) >= 11 is 1.91. The summed E-state index contributed by atoms with van der Waals surface area (Å²) in [6.45, 7) is 0. The van der Waals surface area contributed by atoms with Gasteiger partial charge in [0.2, 0.25) is 0 Å². The predicted octanol–water partition coefficient (Wildman–Crippen LogP) is 13.2. The number of benzene rings is 10. The third kappa shape index (κ3) is 3.21. The van der Waals surface area contributed by atoms with E-state index in [4.69, 9.17) is 0 Å². The van der Waals surface area contributed by atoms with Crippen LogP contribution in [0.3, 0.4) is 0 Å². The van der Waals surface area contributed by atoms with Gasteiger partial charge in [-0.2, -0.15) is 0 Å². The number of hydrogen-bond acceptors (Lipinski definition) is 1. The molecule has 0 spiro atoms. The molecule has 0 fully saturated rings. The molecule has 0 amide bonds. The van der Waals surface area contributed by atoms with Crippen molar-refractivity contribution < 1.29 is 0 Å². The zero-order valence-corrected chi connectivity index (χ0v) is 25.1. The molecule has 1 heterocycles. The topological polar surface area (TPSA) is 0 Å². The highest BCUT2D eigenvalue weighted by Gasteiger charge is 2.16. The maximum Gasteiger partial charge on any atom is 0.0367 e. The largest absolute Gasteiger partial charge is 0.135 e. The molecule has 0 aliphatic carbocycles. The Balaban J connectivity index is 1.11. The summed E-state index contributed by atoms with van der Waals surface area (Å²) in [6.07, 6.45) is 0. The Morgan fingerprint density at radius 2 is 0.867 bits per heavy atom. The molecule has 0 aliphatic heterocycles. The van der Waals surface area contributed by atoms with Crippen molar-refractivity contribution in [2.45, 2.75) is 0 Å². The van der Waals surface area contributed by atoms with Crippen LogP contribution in [0.5, 0.6) is 0 Å². The van der Waals surface area contributed by atoms with Gasteiger partial charge in [0.05, 0.1) is 0 Å². The van der Waals surface area contributed by atoms with Crippen LogP contribution in [-0.2, 0) is 0 Å². The van der Waals surface area contributed by atoms with Crippen molar-refractivity contribution in [2.24, 2.45) is 0 Å². The van der Waals surface area contributed by atoms with Crippen LogP contribution in [0.15, 0.2) is 146 Å². The molecule has 0 N–H and O–H groups in total. The van der Waals surface area contributed by atoms with Gasteiger partial charge in [0.1, 0.15) is 0 Å². The molecule has 0 bridgehead atoms. The summed E-state index contributed by atoms with van der Waals surface area (Å²) in [5.41, 5.74) is 5.08. The second kappa shape index (κ2) is 8.57. The number of hydrogen-bond donors (Lipinski definition) is 0. The summed E-state index contributed by atoms with van der Waals surface area (Å²) in [5, 5.41) is 18.7. The summed E-state index contributed by atoms with van der Waals surface area (Å²) in [4.78, 5) is 0. The first-order chi connectivity index (χ1) is 22.3. The molecule has 10 aromatic carbocycles. The molecule has 1 heteroatoms. The monoisotopic (exact) mass is 584 g/mol. The van der Waals surface area contributed by atoms with Crippen LogP contribution in [-0.4, -0.2) is 0 Å². The van der Waals surface area contributed by atoms with Gasteiger partial charge in [-0.05, 0) is 117 Å². The van der Waals surface area contributed by atoms with E-state index in [-0.39, 0.29) is 0 Å². The van der Waals surface area contributed by atoms with Crippen molar-refractivity contribution in [2.75, 3.05) is 0 Å². The molecule has 11 aromatic rings. The summed E-state index contributed by atoms with van der Waals surface area (Å²) in [6, 6.07) is 54.8. The molecule has 11 rings (SSSR count). The molecular formula is C44H24S. The Labute approximate surface area is 263 Å².